The summed E-state index contributed by atoms with van der Waals surface area (Å²) >= 11 is 1.04. The summed E-state index contributed by atoms with van der Waals surface area (Å²) in [4.78, 5) is 27.9. The number of piperazine rings is 1. The van der Waals surface area contributed by atoms with E-state index in [1.807, 2.05) is 20.8 Å². The molecule has 2 aromatic rings. The van der Waals surface area contributed by atoms with E-state index in [0.717, 1.165) is 49.6 Å². The van der Waals surface area contributed by atoms with Gasteiger partial charge in [-0.25, -0.2) is 13.2 Å². The van der Waals surface area contributed by atoms with Gasteiger partial charge in [0, 0.05) is 12.0 Å². The Morgan fingerprint density at radius 3 is 2.53 bits per heavy atom. The van der Waals surface area contributed by atoms with Gasteiger partial charge in [0.2, 0.25) is 15.9 Å². The van der Waals surface area contributed by atoms with Crippen molar-refractivity contribution in [2.75, 3.05) is 18.0 Å². The molecule has 9 nitrogen and oxygen atoms in total. The van der Waals surface area contributed by atoms with Gasteiger partial charge in [-0.3, -0.25) is 4.79 Å². The van der Waals surface area contributed by atoms with Crippen LogP contribution in [-0.4, -0.2) is 54.0 Å². The van der Waals surface area contributed by atoms with Crippen molar-refractivity contribution in [3.8, 4) is 11.8 Å². The lowest BCUT2D eigenvalue weighted by Crippen LogP contribution is -2.60. The Balaban J connectivity index is 1.77. The average Bonchev–Trinajstić information content (AvgIpc) is 3.44. The molecule has 0 aromatic carbocycles. The van der Waals surface area contributed by atoms with Crippen molar-refractivity contribution < 1.29 is 27.6 Å². The van der Waals surface area contributed by atoms with Crippen molar-refractivity contribution in [2.45, 2.75) is 70.7 Å². The number of hydrogen-bond donors (Lipinski definition) is 1. The highest BCUT2D eigenvalue weighted by atomic mass is 32.2. The Bertz CT molecular complexity index is 1320. The zero-order valence-electron chi connectivity index (χ0n) is 20.9. The standard InChI is InChI=1S/C25H31N3O6S2/c1-16-21(13-26-34-16)36(32,33)27-14-20(17-8-6-5-7-9-17)28(22(29)15-27)19-12-18(10-11-25(2,3)4)35-23(19)24(30)31/h12-13,17,20H,5-9,14-15H2,1-4H3,(H,30,31)/t20-/m0/s1. The quantitative estimate of drug-likeness (QED) is 0.574. The smallest absolute Gasteiger partial charge is 0.348 e. The van der Waals surface area contributed by atoms with Crippen LogP contribution in [0.1, 0.15) is 73.2 Å². The summed E-state index contributed by atoms with van der Waals surface area (Å²) in [6, 6.07) is 1.17. The normalized spacial score (nSPS) is 20.3. The highest BCUT2D eigenvalue weighted by Gasteiger charge is 2.44. The first-order valence-corrected chi connectivity index (χ1v) is 14.3. The molecular weight excluding hydrogens is 502 g/mol. The molecule has 1 amide bonds. The maximum atomic E-state index is 13.6. The zero-order chi connectivity index (χ0) is 26.3. The average molecular weight is 534 g/mol. The fraction of sp³-hybridized carbons (Fsp3) is 0.560. The van der Waals surface area contributed by atoms with Crippen LogP contribution >= 0.6 is 11.3 Å². The summed E-state index contributed by atoms with van der Waals surface area (Å²) in [6.45, 7) is 7.08. The predicted octanol–water partition coefficient (Wildman–Crippen LogP) is 4.13. The summed E-state index contributed by atoms with van der Waals surface area (Å²) in [5.74, 6) is 4.79. The first-order chi connectivity index (χ1) is 16.9. The number of nitrogens with zero attached hydrogens (tertiary/aromatic N) is 3. The molecule has 2 aromatic heterocycles. The number of amides is 1. The van der Waals surface area contributed by atoms with Crippen LogP contribution < -0.4 is 4.90 Å². The molecule has 0 radical (unpaired) electrons. The molecule has 36 heavy (non-hydrogen) atoms. The molecule has 11 heteroatoms. The lowest BCUT2D eigenvalue weighted by molar-refractivity contribution is -0.121. The summed E-state index contributed by atoms with van der Waals surface area (Å²) < 4.78 is 32.9. The maximum Gasteiger partial charge on any atom is 0.348 e. The van der Waals surface area contributed by atoms with Crippen LogP contribution in [0.3, 0.4) is 0 Å². The number of thiophene rings is 1. The highest BCUT2D eigenvalue weighted by molar-refractivity contribution is 7.89. The van der Waals surface area contributed by atoms with Gasteiger partial charge >= 0.3 is 5.97 Å². The number of hydrogen-bond acceptors (Lipinski definition) is 7. The van der Waals surface area contributed by atoms with E-state index in [2.05, 4.69) is 17.0 Å². The molecule has 1 N–H and O–H groups in total. The number of carboxylic acid groups (broad SMARTS) is 1. The van der Waals surface area contributed by atoms with Crippen LogP contribution in [0.2, 0.25) is 0 Å². The van der Waals surface area contributed by atoms with Crippen molar-refractivity contribution in [3.05, 3.63) is 27.8 Å². The molecule has 1 aliphatic heterocycles. The fourth-order valence-electron chi connectivity index (χ4n) is 4.84. The third-order valence-corrected chi connectivity index (χ3v) is 9.48. The number of aromatic nitrogens is 1. The van der Waals surface area contributed by atoms with Crippen LogP contribution in [0.25, 0.3) is 0 Å². The van der Waals surface area contributed by atoms with E-state index in [4.69, 9.17) is 4.52 Å². The minimum atomic E-state index is -4.01. The lowest BCUT2D eigenvalue weighted by Gasteiger charge is -2.44. The third kappa shape index (κ3) is 5.36. The van der Waals surface area contributed by atoms with Gasteiger partial charge < -0.3 is 14.5 Å². The fourth-order valence-corrected chi connectivity index (χ4v) is 7.17. The number of carbonyl (C=O) groups excluding carboxylic acids is 1. The third-order valence-electron chi connectivity index (χ3n) is 6.55. The Kier molecular flexibility index (Phi) is 7.33. The Morgan fingerprint density at radius 2 is 1.94 bits per heavy atom. The number of carbonyl (C=O) groups is 2. The Morgan fingerprint density at radius 1 is 1.25 bits per heavy atom. The van der Waals surface area contributed by atoms with Crippen molar-refractivity contribution in [1.82, 2.24) is 9.46 Å². The molecule has 3 heterocycles. The molecular formula is C25H31N3O6S2. The van der Waals surface area contributed by atoms with E-state index in [1.54, 1.807) is 6.07 Å². The summed E-state index contributed by atoms with van der Waals surface area (Å²) in [6.07, 6.45) is 5.90. The Hall–Kier alpha value is -2.68. The number of sulfonamides is 1. The molecule has 1 atom stereocenters. The highest BCUT2D eigenvalue weighted by Crippen LogP contribution is 2.39. The lowest BCUT2D eigenvalue weighted by atomic mass is 9.82. The van der Waals surface area contributed by atoms with Crippen LogP contribution in [0, 0.1) is 30.1 Å². The van der Waals surface area contributed by atoms with Crippen LogP contribution in [0.15, 0.2) is 21.7 Å². The number of carboxylic acids is 1. The SMILES string of the molecule is Cc1oncc1S(=O)(=O)N1CC(=O)N(c2cc(C#CC(C)(C)C)sc2C(=O)O)[C@H](C2CCCCC2)C1. The minimum Gasteiger partial charge on any atom is -0.477 e. The number of aromatic carboxylic acids is 1. The summed E-state index contributed by atoms with van der Waals surface area (Å²) in [5.41, 5.74) is 0.0260. The second kappa shape index (κ2) is 10.00. The van der Waals surface area contributed by atoms with Crippen molar-refractivity contribution in [1.29, 1.82) is 0 Å². The van der Waals surface area contributed by atoms with Gasteiger partial charge in [-0.1, -0.05) is 36.3 Å². The van der Waals surface area contributed by atoms with E-state index in [0.29, 0.717) is 10.6 Å². The zero-order valence-corrected chi connectivity index (χ0v) is 22.5. The van der Waals surface area contributed by atoms with Crippen molar-refractivity contribution in [2.24, 2.45) is 11.3 Å². The molecule has 0 spiro atoms. The minimum absolute atomic E-state index is 0.0357. The maximum absolute atomic E-state index is 13.6. The van der Waals surface area contributed by atoms with Gasteiger partial charge in [-0.2, -0.15) is 4.31 Å². The molecule has 1 saturated carbocycles. The molecule has 0 unspecified atom stereocenters. The predicted molar refractivity (Wildman–Crippen MR) is 135 cm³/mol. The van der Waals surface area contributed by atoms with Crippen LogP contribution in [0.4, 0.5) is 5.69 Å². The molecule has 194 valence electrons. The first kappa shape index (κ1) is 26.4. The van der Waals surface area contributed by atoms with E-state index >= 15 is 0 Å². The van der Waals surface area contributed by atoms with E-state index < -0.39 is 34.5 Å². The number of rotatable bonds is 5. The molecule has 2 fully saturated rings. The van der Waals surface area contributed by atoms with Gasteiger partial charge in [-0.15, -0.1) is 11.3 Å². The van der Waals surface area contributed by atoms with Gasteiger partial charge in [0.15, 0.2) is 5.76 Å². The molecule has 2 aliphatic rings. The monoisotopic (exact) mass is 533 g/mol. The molecule has 4 rings (SSSR count). The first-order valence-electron chi connectivity index (χ1n) is 12.0. The largest absolute Gasteiger partial charge is 0.477 e. The van der Waals surface area contributed by atoms with Crippen LogP contribution in [0.5, 0.6) is 0 Å². The van der Waals surface area contributed by atoms with Gasteiger partial charge in [-0.05, 0) is 52.5 Å². The van der Waals surface area contributed by atoms with Gasteiger partial charge in [0.25, 0.3) is 0 Å². The second-order valence-electron chi connectivity index (χ2n) is 10.4. The second-order valence-corrected chi connectivity index (χ2v) is 13.4. The van der Waals surface area contributed by atoms with Crippen molar-refractivity contribution >= 4 is 38.9 Å². The Labute approximate surface area is 215 Å². The van der Waals surface area contributed by atoms with Gasteiger partial charge in [0.05, 0.1) is 29.3 Å². The molecule has 1 aliphatic carbocycles. The van der Waals surface area contributed by atoms with Gasteiger partial charge in [0.1, 0.15) is 9.77 Å². The molecule has 1 saturated heterocycles. The van der Waals surface area contributed by atoms with E-state index in [9.17, 15) is 23.1 Å². The van der Waals surface area contributed by atoms with E-state index in [-0.39, 0.29) is 33.4 Å². The number of aryl methyl sites for hydroxylation is 1. The molecule has 0 bridgehead atoms. The van der Waals surface area contributed by atoms with Crippen molar-refractivity contribution in [3.63, 3.8) is 0 Å². The van der Waals surface area contributed by atoms with Crippen LogP contribution in [-0.2, 0) is 14.8 Å². The number of anilines is 1. The van der Waals surface area contributed by atoms with E-state index in [1.165, 1.54) is 16.1 Å². The summed E-state index contributed by atoms with van der Waals surface area (Å²) in [5, 5.41) is 13.5. The summed E-state index contributed by atoms with van der Waals surface area (Å²) in [7, 11) is -4.01. The topological polar surface area (TPSA) is 121 Å².